The SMILES string of the molecule is CN=C(Cc1ccccc1[N+](=O)[O-])C(=O)O. The lowest BCUT2D eigenvalue weighted by Gasteiger charge is -2.02. The molecule has 0 saturated carbocycles. The van der Waals surface area contributed by atoms with E-state index in [-0.39, 0.29) is 17.8 Å². The third kappa shape index (κ3) is 2.63. The average molecular weight is 222 g/mol. The number of nitro groups is 1. The van der Waals surface area contributed by atoms with E-state index in [0.717, 1.165) is 0 Å². The van der Waals surface area contributed by atoms with Crippen LogP contribution in [0.2, 0.25) is 0 Å². The Hall–Kier alpha value is -2.24. The van der Waals surface area contributed by atoms with Crippen molar-refractivity contribution in [3.8, 4) is 0 Å². The normalized spacial score (nSPS) is 11.2. The first-order valence-electron chi connectivity index (χ1n) is 4.47. The summed E-state index contributed by atoms with van der Waals surface area (Å²) in [6, 6.07) is 6.01. The number of nitrogens with zero attached hydrogens (tertiary/aromatic N) is 2. The molecule has 0 atom stereocenters. The first-order chi connectivity index (χ1) is 7.56. The van der Waals surface area contributed by atoms with Crippen molar-refractivity contribution in [2.24, 2.45) is 4.99 Å². The van der Waals surface area contributed by atoms with Crippen molar-refractivity contribution in [1.82, 2.24) is 0 Å². The van der Waals surface area contributed by atoms with Crippen LogP contribution in [0.4, 0.5) is 5.69 Å². The van der Waals surface area contributed by atoms with Gasteiger partial charge in [-0.15, -0.1) is 0 Å². The van der Waals surface area contributed by atoms with E-state index in [4.69, 9.17) is 5.11 Å². The number of para-hydroxylation sites is 1. The first kappa shape index (κ1) is 11.8. The Morgan fingerprint density at radius 3 is 2.62 bits per heavy atom. The highest BCUT2D eigenvalue weighted by Crippen LogP contribution is 2.18. The Labute approximate surface area is 91.4 Å². The number of nitro benzene ring substituents is 1. The summed E-state index contributed by atoms with van der Waals surface area (Å²) in [6.45, 7) is 0. The van der Waals surface area contributed by atoms with Gasteiger partial charge in [0.25, 0.3) is 5.69 Å². The van der Waals surface area contributed by atoms with Gasteiger partial charge in [-0.1, -0.05) is 18.2 Å². The number of carbonyl (C=O) groups is 1. The maximum atomic E-state index is 10.7. The number of carboxylic acid groups (broad SMARTS) is 1. The predicted octanol–water partition coefficient (Wildman–Crippen LogP) is 1.29. The fourth-order valence-electron chi connectivity index (χ4n) is 1.27. The minimum atomic E-state index is -1.17. The third-order valence-electron chi connectivity index (χ3n) is 2.06. The molecule has 0 aliphatic rings. The molecule has 0 fully saturated rings. The van der Waals surface area contributed by atoms with E-state index in [1.807, 2.05) is 0 Å². The van der Waals surface area contributed by atoms with E-state index in [9.17, 15) is 14.9 Å². The first-order valence-corrected chi connectivity index (χ1v) is 4.47. The number of rotatable bonds is 4. The van der Waals surface area contributed by atoms with Crippen LogP contribution in [-0.2, 0) is 11.2 Å². The highest BCUT2D eigenvalue weighted by molar-refractivity contribution is 6.36. The highest BCUT2D eigenvalue weighted by atomic mass is 16.6. The zero-order valence-corrected chi connectivity index (χ0v) is 8.58. The molecule has 1 N–H and O–H groups in total. The van der Waals surface area contributed by atoms with Crippen molar-refractivity contribution >= 4 is 17.4 Å². The van der Waals surface area contributed by atoms with E-state index >= 15 is 0 Å². The summed E-state index contributed by atoms with van der Waals surface area (Å²) in [5, 5.41) is 19.4. The van der Waals surface area contributed by atoms with Gasteiger partial charge in [-0.2, -0.15) is 0 Å². The number of carboxylic acids is 1. The zero-order chi connectivity index (χ0) is 12.1. The van der Waals surface area contributed by atoms with E-state index < -0.39 is 10.9 Å². The topological polar surface area (TPSA) is 92.8 Å². The fraction of sp³-hybridized carbons (Fsp3) is 0.200. The molecule has 0 aliphatic heterocycles. The highest BCUT2D eigenvalue weighted by Gasteiger charge is 2.17. The van der Waals surface area contributed by atoms with Crippen molar-refractivity contribution in [2.75, 3.05) is 7.05 Å². The Morgan fingerprint density at radius 2 is 2.12 bits per heavy atom. The van der Waals surface area contributed by atoms with Gasteiger partial charge in [0.1, 0.15) is 5.71 Å². The van der Waals surface area contributed by atoms with Crippen molar-refractivity contribution < 1.29 is 14.8 Å². The van der Waals surface area contributed by atoms with E-state index in [1.165, 1.54) is 25.2 Å². The minimum Gasteiger partial charge on any atom is -0.477 e. The standard InChI is InChI=1S/C10H10N2O4/c1-11-8(10(13)14)6-7-4-2-3-5-9(7)12(15)16/h2-5H,6H2,1H3,(H,13,14). The van der Waals surface area contributed by atoms with Gasteiger partial charge < -0.3 is 5.11 Å². The molecule has 0 saturated heterocycles. The molecule has 0 radical (unpaired) electrons. The maximum Gasteiger partial charge on any atom is 0.350 e. The van der Waals surface area contributed by atoms with Crippen molar-refractivity contribution in [3.63, 3.8) is 0 Å². The zero-order valence-electron chi connectivity index (χ0n) is 8.58. The van der Waals surface area contributed by atoms with Crippen molar-refractivity contribution in [1.29, 1.82) is 0 Å². The molecule has 0 spiro atoms. The van der Waals surface area contributed by atoms with Gasteiger partial charge in [0.05, 0.1) is 4.92 Å². The van der Waals surface area contributed by atoms with Crippen LogP contribution in [0, 0.1) is 10.1 Å². The van der Waals surface area contributed by atoms with E-state index in [1.54, 1.807) is 6.07 Å². The molecule has 0 unspecified atom stereocenters. The van der Waals surface area contributed by atoms with Gasteiger partial charge in [0, 0.05) is 25.1 Å². The van der Waals surface area contributed by atoms with Crippen LogP contribution in [0.25, 0.3) is 0 Å². The van der Waals surface area contributed by atoms with Gasteiger partial charge in [0.2, 0.25) is 0 Å². The van der Waals surface area contributed by atoms with Crippen LogP contribution >= 0.6 is 0 Å². The van der Waals surface area contributed by atoms with Gasteiger partial charge in [0.15, 0.2) is 0 Å². The van der Waals surface area contributed by atoms with Gasteiger partial charge >= 0.3 is 5.97 Å². The summed E-state index contributed by atoms with van der Waals surface area (Å²) in [5.74, 6) is -1.17. The molecule has 0 amide bonds. The van der Waals surface area contributed by atoms with Crippen molar-refractivity contribution in [2.45, 2.75) is 6.42 Å². The maximum absolute atomic E-state index is 10.7. The van der Waals surface area contributed by atoms with Crippen LogP contribution in [0.5, 0.6) is 0 Å². The minimum absolute atomic E-state index is 0.0526. The Morgan fingerprint density at radius 1 is 1.50 bits per heavy atom. The molecule has 0 aliphatic carbocycles. The second-order valence-electron chi connectivity index (χ2n) is 3.04. The molecular weight excluding hydrogens is 212 g/mol. The van der Waals surface area contributed by atoms with Crippen LogP contribution < -0.4 is 0 Å². The summed E-state index contributed by atoms with van der Waals surface area (Å²) in [6.07, 6.45) is -0.0526. The van der Waals surface area contributed by atoms with Gasteiger partial charge in [-0.3, -0.25) is 15.1 Å². The summed E-state index contributed by atoms with van der Waals surface area (Å²) in [7, 11) is 1.35. The molecule has 6 nitrogen and oxygen atoms in total. The molecular formula is C10H10N2O4. The molecule has 0 heterocycles. The molecule has 1 aromatic carbocycles. The molecule has 6 heteroatoms. The lowest BCUT2D eigenvalue weighted by Crippen LogP contribution is -2.16. The number of aliphatic carboxylic acids is 1. The molecule has 84 valence electrons. The predicted molar refractivity (Wildman–Crippen MR) is 57.8 cm³/mol. The fourth-order valence-corrected chi connectivity index (χ4v) is 1.27. The molecule has 1 rings (SSSR count). The van der Waals surface area contributed by atoms with E-state index in [0.29, 0.717) is 5.56 Å². The third-order valence-corrected chi connectivity index (χ3v) is 2.06. The lowest BCUT2D eigenvalue weighted by molar-refractivity contribution is -0.385. The molecule has 16 heavy (non-hydrogen) atoms. The van der Waals surface area contributed by atoms with E-state index in [2.05, 4.69) is 4.99 Å². The lowest BCUT2D eigenvalue weighted by atomic mass is 10.1. The monoisotopic (exact) mass is 222 g/mol. The number of benzene rings is 1. The molecule has 1 aromatic rings. The van der Waals surface area contributed by atoms with Crippen molar-refractivity contribution in [3.05, 3.63) is 39.9 Å². The van der Waals surface area contributed by atoms with Gasteiger partial charge in [-0.05, 0) is 0 Å². The summed E-state index contributed by atoms with van der Waals surface area (Å²) < 4.78 is 0. The van der Waals surface area contributed by atoms with Gasteiger partial charge in [-0.25, -0.2) is 4.79 Å². The Kier molecular flexibility index (Phi) is 3.71. The van der Waals surface area contributed by atoms with Crippen LogP contribution in [0.3, 0.4) is 0 Å². The smallest absolute Gasteiger partial charge is 0.350 e. The summed E-state index contributed by atoms with van der Waals surface area (Å²) >= 11 is 0. The Bertz CT molecular complexity index is 454. The quantitative estimate of drug-likeness (QED) is 0.472. The largest absolute Gasteiger partial charge is 0.477 e. The second-order valence-corrected chi connectivity index (χ2v) is 3.04. The number of aliphatic imine (C=N–C) groups is 1. The summed E-state index contributed by atoms with van der Waals surface area (Å²) in [4.78, 5) is 24.4. The average Bonchev–Trinajstić information content (AvgIpc) is 2.25. The second kappa shape index (κ2) is 5.01. The number of hydrogen-bond acceptors (Lipinski definition) is 4. The molecule has 0 aromatic heterocycles. The summed E-state index contributed by atoms with van der Waals surface area (Å²) in [5.41, 5.74) is 0.148. The van der Waals surface area contributed by atoms with Crippen LogP contribution in [-0.4, -0.2) is 28.8 Å². The van der Waals surface area contributed by atoms with Crippen LogP contribution in [0.15, 0.2) is 29.3 Å². The molecule has 0 bridgehead atoms. The Balaban J connectivity index is 3.06. The van der Waals surface area contributed by atoms with Crippen LogP contribution in [0.1, 0.15) is 5.56 Å². The number of hydrogen-bond donors (Lipinski definition) is 1.